The number of aliphatic hydroxyl groups is 1. The Bertz CT molecular complexity index is 749. The molecule has 2 N–H and O–H groups in total. The summed E-state index contributed by atoms with van der Waals surface area (Å²) in [6.07, 6.45) is -0.879. The van der Waals surface area contributed by atoms with Crippen LogP contribution in [0, 0.1) is 11.3 Å². The van der Waals surface area contributed by atoms with E-state index in [1.165, 1.54) is 25.1 Å². The van der Waals surface area contributed by atoms with Gasteiger partial charge in [-0.15, -0.1) is 0 Å². The van der Waals surface area contributed by atoms with E-state index in [2.05, 4.69) is 0 Å². The summed E-state index contributed by atoms with van der Waals surface area (Å²) in [5.41, 5.74) is 0.690. The van der Waals surface area contributed by atoms with Crippen LogP contribution >= 0.6 is 0 Å². The van der Waals surface area contributed by atoms with Crippen LogP contribution < -0.4 is 9.47 Å². The highest BCUT2D eigenvalue weighted by molar-refractivity contribution is 5.97. The first-order chi connectivity index (χ1) is 11.5. The van der Waals surface area contributed by atoms with E-state index in [9.17, 15) is 15.0 Å². The number of aliphatic hydroxyl groups excluding tert-OH is 1. The lowest BCUT2D eigenvalue weighted by Crippen LogP contribution is -2.25. The molecule has 6 heteroatoms. The molecular weight excluding hydrogens is 310 g/mol. The highest BCUT2D eigenvalue weighted by atomic mass is 16.5. The highest BCUT2D eigenvalue weighted by Gasteiger charge is 2.10. The van der Waals surface area contributed by atoms with Gasteiger partial charge < -0.3 is 19.7 Å². The van der Waals surface area contributed by atoms with Crippen molar-refractivity contribution in [1.29, 1.82) is 5.26 Å². The number of rotatable bonds is 7. The molecule has 0 bridgehead atoms. The molecule has 1 unspecified atom stereocenters. The Hall–Kier alpha value is -3.04. The van der Waals surface area contributed by atoms with Crippen molar-refractivity contribution in [3.05, 3.63) is 53.6 Å². The van der Waals surface area contributed by atoms with Crippen molar-refractivity contribution in [2.24, 2.45) is 0 Å². The number of aromatic hydroxyl groups is 1. The van der Waals surface area contributed by atoms with Gasteiger partial charge in [-0.3, -0.25) is 4.79 Å². The molecule has 1 atom stereocenters. The zero-order valence-electron chi connectivity index (χ0n) is 13.1. The Kier molecular flexibility index (Phi) is 5.77. The molecule has 0 saturated heterocycles. The number of ketones is 1. The molecule has 0 saturated carbocycles. The predicted molar refractivity (Wildman–Crippen MR) is 86.3 cm³/mol. The molecule has 0 heterocycles. The third-order valence-electron chi connectivity index (χ3n) is 3.22. The van der Waals surface area contributed by atoms with Gasteiger partial charge in [0.05, 0.1) is 17.2 Å². The van der Waals surface area contributed by atoms with Crippen LogP contribution in [0.3, 0.4) is 0 Å². The van der Waals surface area contributed by atoms with Crippen molar-refractivity contribution in [3.8, 4) is 23.3 Å². The van der Waals surface area contributed by atoms with Gasteiger partial charge in [0.25, 0.3) is 0 Å². The average molecular weight is 327 g/mol. The van der Waals surface area contributed by atoms with Crippen LogP contribution in [0.5, 0.6) is 17.2 Å². The largest absolute Gasteiger partial charge is 0.507 e. The summed E-state index contributed by atoms with van der Waals surface area (Å²) in [5, 5.41) is 28.2. The molecule has 124 valence electrons. The fourth-order valence-corrected chi connectivity index (χ4v) is 1.95. The van der Waals surface area contributed by atoms with Crippen molar-refractivity contribution < 1.29 is 24.5 Å². The fraction of sp³-hybridized carbons (Fsp3) is 0.222. The van der Waals surface area contributed by atoms with E-state index in [-0.39, 0.29) is 30.3 Å². The molecule has 0 radical (unpaired) electrons. The number of carbonyl (C=O) groups excluding carboxylic acids is 1. The lowest BCUT2D eigenvalue weighted by molar-refractivity contribution is 0.0626. The summed E-state index contributed by atoms with van der Waals surface area (Å²) in [7, 11) is 0. The van der Waals surface area contributed by atoms with E-state index in [1.807, 2.05) is 6.07 Å². The number of nitrogens with zero attached hydrogens (tertiary/aromatic N) is 1. The minimum atomic E-state index is -0.879. The molecule has 0 aliphatic rings. The molecule has 2 aromatic rings. The number of phenolic OH excluding ortho intramolecular Hbond substituents is 1. The van der Waals surface area contributed by atoms with Gasteiger partial charge in [-0.05, 0) is 49.4 Å². The maximum atomic E-state index is 11.4. The van der Waals surface area contributed by atoms with E-state index in [1.54, 1.807) is 24.3 Å². The van der Waals surface area contributed by atoms with Gasteiger partial charge in [0, 0.05) is 0 Å². The number of nitriles is 1. The monoisotopic (exact) mass is 327 g/mol. The SMILES string of the molecule is CC(=O)c1cc(OCC(O)COc2ccc(C#N)cc2)ccc1O. The van der Waals surface area contributed by atoms with Crippen LogP contribution in [0.2, 0.25) is 0 Å². The summed E-state index contributed by atoms with van der Waals surface area (Å²) in [4.78, 5) is 11.4. The first-order valence-corrected chi connectivity index (χ1v) is 7.27. The normalized spacial score (nSPS) is 11.4. The Morgan fingerprint density at radius 2 is 1.71 bits per heavy atom. The second-order valence-corrected chi connectivity index (χ2v) is 5.15. The van der Waals surface area contributed by atoms with Gasteiger partial charge in [0.1, 0.15) is 36.6 Å². The third-order valence-corrected chi connectivity index (χ3v) is 3.22. The number of phenols is 1. The van der Waals surface area contributed by atoms with Gasteiger partial charge in [-0.25, -0.2) is 0 Å². The quantitative estimate of drug-likeness (QED) is 0.757. The number of benzene rings is 2. The smallest absolute Gasteiger partial charge is 0.163 e. The van der Waals surface area contributed by atoms with Crippen molar-refractivity contribution in [3.63, 3.8) is 0 Å². The van der Waals surface area contributed by atoms with Gasteiger partial charge in [0.2, 0.25) is 0 Å². The molecule has 6 nitrogen and oxygen atoms in total. The molecule has 0 aromatic heterocycles. The molecule has 0 fully saturated rings. The summed E-state index contributed by atoms with van der Waals surface area (Å²) in [5.74, 6) is 0.522. The van der Waals surface area contributed by atoms with E-state index in [0.29, 0.717) is 17.1 Å². The van der Waals surface area contributed by atoms with Gasteiger partial charge in [0.15, 0.2) is 5.78 Å². The number of Topliss-reactive ketones (excluding diaryl/α,β-unsaturated/α-hetero) is 1. The number of hydrogen-bond donors (Lipinski definition) is 2. The van der Waals surface area contributed by atoms with Crippen LogP contribution in [0.25, 0.3) is 0 Å². The second kappa shape index (κ2) is 7.99. The Morgan fingerprint density at radius 3 is 2.29 bits per heavy atom. The predicted octanol–water partition coefficient (Wildman–Crippen LogP) is 2.29. The maximum absolute atomic E-state index is 11.4. The summed E-state index contributed by atoms with van der Waals surface area (Å²) in [6, 6.07) is 12.8. The van der Waals surface area contributed by atoms with E-state index in [4.69, 9.17) is 14.7 Å². The highest BCUT2D eigenvalue weighted by Crippen LogP contribution is 2.23. The lowest BCUT2D eigenvalue weighted by Gasteiger charge is -2.14. The maximum Gasteiger partial charge on any atom is 0.163 e. The van der Waals surface area contributed by atoms with Crippen molar-refractivity contribution in [1.82, 2.24) is 0 Å². The van der Waals surface area contributed by atoms with Crippen LogP contribution in [-0.4, -0.2) is 35.3 Å². The van der Waals surface area contributed by atoms with Crippen LogP contribution in [0.15, 0.2) is 42.5 Å². The van der Waals surface area contributed by atoms with Crippen molar-refractivity contribution in [2.45, 2.75) is 13.0 Å². The first-order valence-electron chi connectivity index (χ1n) is 7.27. The summed E-state index contributed by atoms with van der Waals surface area (Å²) >= 11 is 0. The third kappa shape index (κ3) is 4.73. The number of ether oxygens (including phenoxy) is 2. The average Bonchev–Trinajstić information content (AvgIpc) is 2.59. The molecule has 24 heavy (non-hydrogen) atoms. The topological polar surface area (TPSA) is 99.8 Å². The number of carbonyl (C=O) groups is 1. The van der Waals surface area contributed by atoms with E-state index >= 15 is 0 Å². The Morgan fingerprint density at radius 1 is 1.12 bits per heavy atom. The zero-order chi connectivity index (χ0) is 17.5. The van der Waals surface area contributed by atoms with E-state index < -0.39 is 6.10 Å². The van der Waals surface area contributed by atoms with E-state index in [0.717, 1.165) is 0 Å². The van der Waals surface area contributed by atoms with Crippen molar-refractivity contribution >= 4 is 5.78 Å². The first kappa shape index (κ1) is 17.3. The Labute approximate surface area is 139 Å². The Balaban J connectivity index is 1.84. The minimum absolute atomic E-state index is 0.0174. The molecule has 0 aliphatic carbocycles. The van der Waals surface area contributed by atoms with Gasteiger partial charge >= 0.3 is 0 Å². The molecular formula is C18H17NO5. The summed E-state index contributed by atoms with van der Waals surface area (Å²) in [6.45, 7) is 1.33. The van der Waals surface area contributed by atoms with Crippen LogP contribution in [0.1, 0.15) is 22.8 Å². The van der Waals surface area contributed by atoms with Crippen LogP contribution in [-0.2, 0) is 0 Å². The lowest BCUT2D eigenvalue weighted by atomic mass is 10.1. The second-order valence-electron chi connectivity index (χ2n) is 5.15. The minimum Gasteiger partial charge on any atom is -0.507 e. The zero-order valence-corrected chi connectivity index (χ0v) is 13.1. The fourth-order valence-electron chi connectivity index (χ4n) is 1.95. The standard InChI is InChI=1S/C18H17NO5/c1-12(20)17-8-16(6-7-18(17)22)24-11-14(21)10-23-15-4-2-13(9-19)3-5-15/h2-8,14,21-22H,10-11H2,1H3. The van der Waals surface area contributed by atoms with Gasteiger partial charge in [-0.1, -0.05) is 0 Å². The van der Waals surface area contributed by atoms with Crippen molar-refractivity contribution in [2.75, 3.05) is 13.2 Å². The molecule has 0 spiro atoms. The molecule has 0 amide bonds. The molecule has 2 aromatic carbocycles. The van der Waals surface area contributed by atoms with Gasteiger partial charge in [-0.2, -0.15) is 5.26 Å². The van der Waals surface area contributed by atoms with Crippen LogP contribution in [0.4, 0.5) is 0 Å². The summed E-state index contributed by atoms with van der Waals surface area (Å²) < 4.78 is 10.8. The molecule has 2 rings (SSSR count). The molecule has 0 aliphatic heterocycles. The number of hydrogen-bond acceptors (Lipinski definition) is 6.